The number of thioether (sulfide) groups is 1. The number of ether oxygens (including phenoxy) is 4. The van der Waals surface area contributed by atoms with Gasteiger partial charge in [0.05, 0.1) is 41.8 Å². The number of hydrogen-bond donors (Lipinski definition) is 5. The zero-order valence-corrected chi connectivity index (χ0v) is 45.0. The number of esters is 2. The van der Waals surface area contributed by atoms with Crippen LogP contribution in [0.15, 0.2) is 102 Å². The zero-order chi connectivity index (χ0) is 42.5. The second-order valence-corrected chi connectivity index (χ2v) is 17.6. The second kappa shape index (κ2) is 19.9. The molecule has 1 saturated heterocycles. The number of fused-ring (bicyclic) bond motifs is 5. The van der Waals surface area contributed by atoms with Crippen LogP contribution in [0.2, 0.25) is 0 Å². The first-order valence-corrected chi connectivity index (χ1v) is 21.1. The molecule has 1 heterocycles. The fraction of sp³-hybridized carbons (Fsp3) is 0.467. The molecule has 0 aromatic heterocycles. The summed E-state index contributed by atoms with van der Waals surface area (Å²) in [5.41, 5.74) is -6.29. The van der Waals surface area contributed by atoms with Gasteiger partial charge in [0.15, 0.2) is 11.9 Å². The van der Waals surface area contributed by atoms with Gasteiger partial charge in [-0.3, -0.25) is 9.59 Å². The Morgan fingerprint density at radius 3 is 2.03 bits per heavy atom. The van der Waals surface area contributed by atoms with Crippen molar-refractivity contribution in [3.8, 4) is 0 Å². The van der Waals surface area contributed by atoms with E-state index in [1.807, 2.05) is 6.26 Å². The molecule has 320 valence electrons. The maximum absolute atomic E-state index is 15.2. The maximum Gasteiger partial charge on any atom is 0.338 e. The van der Waals surface area contributed by atoms with Crippen LogP contribution in [-0.2, 0) is 28.5 Å². The maximum atomic E-state index is 15.2. The summed E-state index contributed by atoms with van der Waals surface area (Å²) in [6, 6.07) is 23.5. The SMILES string of the molecule is CSCOC1CC2OCC2(O)C2C(OC(=O)c3ccccc3)C3(O)CC(OC(=O)C(O)C(NC(=O)c4ccccc4)c4ccccc4)C(C)=C(C(O)C(=O)[C@]12C)C3(C)C.[Ac].[Ac]. The summed E-state index contributed by atoms with van der Waals surface area (Å²) in [7, 11) is 0. The normalized spacial score (nSPS) is 32.0. The van der Waals surface area contributed by atoms with Gasteiger partial charge in [-0.25, -0.2) is 9.59 Å². The Labute approximate surface area is 431 Å². The molecule has 1 aliphatic heterocycles. The van der Waals surface area contributed by atoms with Crippen LogP contribution in [0.5, 0.6) is 0 Å². The quantitative estimate of drug-likeness (QED) is 0.105. The molecule has 3 aromatic carbocycles. The Morgan fingerprint density at radius 2 is 1.48 bits per heavy atom. The van der Waals surface area contributed by atoms with Crippen LogP contribution in [0.1, 0.15) is 72.9 Å². The largest absolute Gasteiger partial charge is 0.456 e. The van der Waals surface area contributed by atoms with Crippen molar-refractivity contribution in [3.63, 3.8) is 0 Å². The Balaban J connectivity index is 0.00000352. The predicted octanol–water partition coefficient (Wildman–Crippen LogP) is 3.94. The molecule has 13 nitrogen and oxygen atoms in total. The van der Waals surface area contributed by atoms with Crippen LogP contribution in [0, 0.1) is 105 Å². The summed E-state index contributed by atoms with van der Waals surface area (Å²) in [5, 5.41) is 52.8. The molecule has 7 rings (SSSR count). The number of aliphatic hydroxyl groups is 4. The van der Waals surface area contributed by atoms with Gasteiger partial charge in [-0.05, 0) is 61.1 Å². The molecule has 3 aromatic rings. The van der Waals surface area contributed by atoms with Gasteiger partial charge in [0.1, 0.15) is 29.5 Å². The number of ketones is 1. The summed E-state index contributed by atoms with van der Waals surface area (Å²) in [5.74, 6) is -4.56. The molecular formula is C45H51Ac2NO12S. The zero-order valence-electron chi connectivity index (χ0n) is 34.7. The van der Waals surface area contributed by atoms with Gasteiger partial charge in [0.2, 0.25) is 0 Å². The summed E-state index contributed by atoms with van der Waals surface area (Å²) in [6.07, 6.45) is -7.30. The van der Waals surface area contributed by atoms with Crippen LogP contribution in [0.25, 0.3) is 0 Å². The molecule has 2 radical (unpaired) electrons. The Hall–Kier alpha value is -1.53. The van der Waals surface area contributed by atoms with E-state index in [2.05, 4.69) is 5.32 Å². The third kappa shape index (κ3) is 8.93. The van der Waals surface area contributed by atoms with Gasteiger partial charge in [-0.15, -0.1) is 11.8 Å². The van der Waals surface area contributed by atoms with Crippen molar-refractivity contribution < 1.29 is 147 Å². The smallest absolute Gasteiger partial charge is 0.338 e. The molecule has 61 heavy (non-hydrogen) atoms. The number of amides is 1. The topological polar surface area (TPSA) is 198 Å². The average Bonchev–Trinajstić information content (AvgIpc) is 3.23. The Kier molecular flexibility index (Phi) is 16.5. The molecule has 2 bridgehead atoms. The van der Waals surface area contributed by atoms with Gasteiger partial charge in [0, 0.05) is 118 Å². The van der Waals surface area contributed by atoms with Crippen molar-refractivity contribution in [2.24, 2.45) is 16.7 Å². The third-order valence-electron chi connectivity index (χ3n) is 13.3. The number of benzene rings is 3. The van der Waals surface area contributed by atoms with Crippen LogP contribution >= 0.6 is 11.8 Å². The third-order valence-corrected chi connectivity index (χ3v) is 13.6. The molecule has 4 aliphatic rings. The first-order chi connectivity index (χ1) is 28.0. The molecule has 5 N–H and O–H groups in total. The van der Waals surface area contributed by atoms with Crippen molar-refractivity contribution >= 4 is 35.4 Å². The minimum atomic E-state index is -2.26. The molecule has 3 fully saturated rings. The van der Waals surface area contributed by atoms with Crippen LogP contribution in [0.4, 0.5) is 0 Å². The Morgan fingerprint density at radius 1 is 0.902 bits per heavy atom. The molecule has 3 aliphatic carbocycles. The number of hydrogen-bond acceptors (Lipinski definition) is 13. The van der Waals surface area contributed by atoms with Crippen molar-refractivity contribution in [2.45, 2.75) is 94.4 Å². The predicted molar refractivity (Wildman–Crippen MR) is 216 cm³/mol. The summed E-state index contributed by atoms with van der Waals surface area (Å²) in [4.78, 5) is 56.8. The number of carbonyl (C=O) groups excluding carboxylic acids is 4. The van der Waals surface area contributed by atoms with Gasteiger partial charge < -0.3 is 44.7 Å². The van der Waals surface area contributed by atoms with Crippen molar-refractivity contribution in [1.82, 2.24) is 5.32 Å². The number of carbonyl (C=O) groups is 4. The number of aliphatic hydroxyl groups excluding tert-OH is 2. The van der Waals surface area contributed by atoms with Gasteiger partial charge in [0.25, 0.3) is 5.91 Å². The fourth-order valence-electron chi connectivity index (χ4n) is 9.91. The summed E-state index contributed by atoms with van der Waals surface area (Å²) < 4.78 is 24.6. The molecule has 16 heteroatoms. The first kappa shape index (κ1) is 50.5. The van der Waals surface area contributed by atoms with Crippen molar-refractivity contribution in [1.29, 1.82) is 0 Å². The first-order valence-electron chi connectivity index (χ1n) is 19.7. The number of nitrogens with one attached hydrogen (secondary N) is 1. The van der Waals surface area contributed by atoms with E-state index in [9.17, 15) is 34.8 Å². The van der Waals surface area contributed by atoms with E-state index in [1.54, 1.807) is 107 Å². The Bertz CT molecular complexity index is 2110. The van der Waals surface area contributed by atoms with Crippen LogP contribution in [-0.4, -0.2) is 111 Å². The molecule has 10 unspecified atom stereocenters. The molecule has 1 amide bonds. The van der Waals surface area contributed by atoms with E-state index >= 15 is 4.79 Å². The van der Waals surface area contributed by atoms with E-state index in [0.717, 1.165) is 0 Å². The fourth-order valence-corrected chi connectivity index (χ4v) is 10.2. The second-order valence-electron chi connectivity index (χ2n) is 16.8. The summed E-state index contributed by atoms with van der Waals surface area (Å²) >= 11 is 1.36. The summed E-state index contributed by atoms with van der Waals surface area (Å²) in [6.45, 7) is 6.10. The van der Waals surface area contributed by atoms with E-state index < -0.39 is 101 Å². The van der Waals surface area contributed by atoms with E-state index in [-0.39, 0.29) is 129 Å². The molecule has 0 spiro atoms. The molecular weight excluding hydrogens is 1230 g/mol. The van der Waals surface area contributed by atoms with Gasteiger partial charge in [-0.2, -0.15) is 0 Å². The van der Waals surface area contributed by atoms with Crippen LogP contribution in [0.3, 0.4) is 0 Å². The molecule has 2 saturated carbocycles. The standard InChI is InChI=1S/C45H51NO12S.2Ac/c1-25-29(57-41(52)35(48)33(26-15-9-6-10-16-26)46-39(50)27-17-11-7-12-18-27)22-45(54)38(58-40(51)28-19-13-8-14-20-28)36-43(4,37(49)34(47)32(25)42(45,2)3)30(56-24-59-5)21-31-44(36,53)23-55-31;;/h6-20,29-31,33-36,38,47-48,53-54H,21-24H2,1-5H3,(H,46,50);;/t29?,30?,31?,33?,34?,35?,36?,38?,43-,44?,45?;;/m1../s1. The average molecular weight is 1280 g/mol. The van der Waals surface area contributed by atoms with Gasteiger partial charge in [-0.1, -0.05) is 80.6 Å². The monoisotopic (exact) mass is 1280 g/mol. The number of rotatable bonds is 11. The minimum Gasteiger partial charge on any atom is -0.456 e. The molecule has 11 atom stereocenters. The van der Waals surface area contributed by atoms with Crippen molar-refractivity contribution in [3.05, 3.63) is 119 Å². The van der Waals surface area contributed by atoms with E-state index in [1.165, 1.54) is 23.9 Å². The van der Waals surface area contributed by atoms with Crippen molar-refractivity contribution in [2.75, 3.05) is 18.8 Å². The number of Topliss-reactive ketones (excluding diaryl/α,β-unsaturated/α-hetero) is 1. The van der Waals surface area contributed by atoms with Crippen LogP contribution < -0.4 is 5.32 Å². The van der Waals surface area contributed by atoms with Gasteiger partial charge >= 0.3 is 11.9 Å². The minimum absolute atomic E-state index is 0. The van der Waals surface area contributed by atoms with E-state index in [0.29, 0.717) is 5.56 Å². The van der Waals surface area contributed by atoms with E-state index in [4.69, 9.17) is 18.9 Å².